The Morgan fingerprint density at radius 3 is 2.22 bits per heavy atom. The van der Waals surface area contributed by atoms with Crippen LogP contribution in [0.15, 0.2) is 71.9 Å². The van der Waals surface area contributed by atoms with Crippen molar-refractivity contribution >= 4 is 22.8 Å². The first-order valence-corrected chi connectivity index (χ1v) is 9.06. The first-order chi connectivity index (χ1) is 13.0. The molecule has 0 N–H and O–H groups in total. The van der Waals surface area contributed by atoms with Crippen molar-refractivity contribution in [2.75, 3.05) is 0 Å². The summed E-state index contributed by atoms with van der Waals surface area (Å²) in [4.78, 5) is 7.52. The number of para-hydroxylation sites is 1. The van der Waals surface area contributed by atoms with Crippen molar-refractivity contribution in [3.63, 3.8) is 0 Å². The van der Waals surface area contributed by atoms with Crippen molar-refractivity contribution in [1.29, 1.82) is 0 Å². The average molecular weight is 386 g/mol. The lowest BCUT2D eigenvalue weighted by atomic mass is 10.2. The Hall–Kier alpha value is -2.87. The van der Waals surface area contributed by atoms with Gasteiger partial charge in [-0.1, -0.05) is 48.5 Å². The van der Waals surface area contributed by atoms with E-state index in [2.05, 4.69) is 15.1 Å². The van der Waals surface area contributed by atoms with E-state index in [1.54, 1.807) is 24.3 Å². The van der Waals surface area contributed by atoms with Crippen molar-refractivity contribution in [3.05, 3.63) is 78.2 Å². The van der Waals surface area contributed by atoms with Gasteiger partial charge >= 0.3 is 6.18 Å². The molecular formula is C19H13F3N4S. The number of aromatic nitrogens is 4. The molecule has 0 bridgehead atoms. The smallest absolute Gasteiger partial charge is 0.217 e. The highest BCUT2D eigenvalue weighted by atomic mass is 32.2. The summed E-state index contributed by atoms with van der Waals surface area (Å²) in [5.41, 5.74) is 1.77. The zero-order valence-corrected chi connectivity index (χ0v) is 14.7. The van der Waals surface area contributed by atoms with Gasteiger partial charge in [-0.3, -0.25) is 0 Å². The van der Waals surface area contributed by atoms with E-state index in [9.17, 15) is 13.2 Å². The van der Waals surface area contributed by atoms with Crippen LogP contribution in [0.4, 0.5) is 13.2 Å². The lowest BCUT2D eigenvalue weighted by Crippen LogP contribution is -2.12. The minimum Gasteiger partial charge on any atom is -0.217 e. The van der Waals surface area contributed by atoms with E-state index in [0.717, 1.165) is 5.56 Å². The molecule has 27 heavy (non-hydrogen) atoms. The number of alkyl halides is 3. The maximum absolute atomic E-state index is 13.3. The minimum absolute atomic E-state index is 0.138. The molecule has 0 aliphatic heterocycles. The van der Waals surface area contributed by atoms with Crippen LogP contribution in [0.25, 0.3) is 16.7 Å². The minimum atomic E-state index is -4.64. The summed E-state index contributed by atoms with van der Waals surface area (Å²) >= 11 is 1.24. The molecule has 4 aromatic rings. The Morgan fingerprint density at radius 2 is 1.56 bits per heavy atom. The van der Waals surface area contributed by atoms with Gasteiger partial charge in [-0.2, -0.15) is 18.3 Å². The van der Waals surface area contributed by atoms with E-state index in [4.69, 9.17) is 0 Å². The number of hydrogen-bond acceptors (Lipinski definition) is 4. The number of benzene rings is 2. The van der Waals surface area contributed by atoms with E-state index >= 15 is 0 Å². The van der Waals surface area contributed by atoms with Crippen molar-refractivity contribution in [2.24, 2.45) is 0 Å². The molecule has 136 valence electrons. The molecule has 8 heteroatoms. The number of fused-ring (bicyclic) bond motifs is 1. The quantitative estimate of drug-likeness (QED) is 0.360. The molecule has 0 aliphatic rings. The third kappa shape index (κ3) is 3.66. The molecule has 0 spiro atoms. The third-order valence-corrected chi connectivity index (χ3v) is 4.93. The van der Waals surface area contributed by atoms with Crippen molar-refractivity contribution in [3.8, 4) is 5.69 Å². The zero-order valence-electron chi connectivity index (χ0n) is 13.9. The van der Waals surface area contributed by atoms with Crippen molar-refractivity contribution in [1.82, 2.24) is 19.7 Å². The fourth-order valence-electron chi connectivity index (χ4n) is 2.60. The standard InChI is InChI=1S/C19H13F3N4S/c20-19(21,22)18-24-16-15(11-23-26(16)14-9-5-2-6-10-14)17(25-18)27-12-13-7-3-1-4-8-13/h1-11H,12H2. The molecule has 4 rings (SSSR count). The number of thioether (sulfide) groups is 1. The van der Waals surface area contributed by atoms with Gasteiger partial charge in [0.2, 0.25) is 5.82 Å². The molecule has 0 saturated heterocycles. The van der Waals surface area contributed by atoms with Gasteiger partial charge in [-0.05, 0) is 17.7 Å². The lowest BCUT2D eigenvalue weighted by Gasteiger charge is -2.09. The fourth-order valence-corrected chi connectivity index (χ4v) is 3.55. The van der Waals surface area contributed by atoms with Crippen LogP contribution < -0.4 is 0 Å². The zero-order chi connectivity index (χ0) is 18.9. The second-order valence-electron chi connectivity index (χ2n) is 5.75. The Bertz CT molecular complexity index is 1060. The number of hydrogen-bond donors (Lipinski definition) is 0. The summed E-state index contributed by atoms with van der Waals surface area (Å²) in [5.74, 6) is -0.663. The van der Waals surface area contributed by atoms with Crippen LogP contribution in [-0.4, -0.2) is 19.7 Å². The molecule has 0 fully saturated rings. The average Bonchev–Trinajstić information content (AvgIpc) is 3.11. The van der Waals surface area contributed by atoms with Crippen LogP contribution in [0.3, 0.4) is 0 Å². The Kier molecular flexibility index (Phi) is 4.57. The highest BCUT2D eigenvalue weighted by molar-refractivity contribution is 7.98. The summed E-state index contributed by atoms with van der Waals surface area (Å²) in [6, 6.07) is 18.4. The number of halogens is 3. The molecule has 0 unspecified atom stereocenters. The predicted octanol–water partition coefficient (Wildman–Crippen LogP) is 5.13. The summed E-state index contributed by atoms with van der Waals surface area (Å²) in [6.07, 6.45) is -3.13. The van der Waals surface area contributed by atoms with Crippen LogP contribution in [0.5, 0.6) is 0 Å². The van der Waals surface area contributed by atoms with Gasteiger partial charge in [0.1, 0.15) is 5.03 Å². The first kappa shape index (κ1) is 17.5. The van der Waals surface area contributed by atoms with Crippen LogP contribution in [0.2, 0.25) is 0 Å². The van der Waals surface area contributed by atoms with Gasteiger partial charge < -0.3 is 0 Å². The monoisotopic (exact) mass is 386 g/mol. The Morgan fingerprint density at radius 1 is 0.889 bits per heavy atom. The summed E-state index contributed by atoms with van der Waals surface area (Å²) in [6.45, 7) is 0. The van der Waals surface area contributed by atoms with Crippen LogP contribution >= 0.6 is 11.8 Å². The SMILES string of the molecule is FC(F)(F)c1nc(SCc2ccccc2)c2cnn(-c3ccccc3)c2n1. The lowest BCUT2D eigenvalue weighted by molar-refractivity contribution is -0.145. The molecule has 0 atom stereocenters. The summed E-state index contributed by atoms with van der Waals surface area (Å²) < 4.78 is 41.4. The molecule has 4 nitrogen and oxygen atoms in total. The van der Waals surface area contributed by atoms with Gasteiger partial charge in [-0.15, -0.1) is 11.8 Å². The maximum Gasteiger partial charge on any atom is 0.451 e. The summed E-state index contributed by atoms with van der Waals surface area (Å²) in [5, 5.41) is 4.99. The highest BCUT2D eigenvalue weighted by Gasteiger charge is 2.36. The molecule has 0 amide bonds. The van der Waals surface area contributed by atoms with Gasteiger partial charge in [0.25, 0.3) is 0 Å². The van der Waals surface area contributed by atoms with Gasteiger partial charge in [0.15, 0.2) is 5.65 Å². The molecule has 0 aliphatic carbocycles. The van der Waals surface area contributed by atoms with Crippen LogP contribution in [0, 0.1) is 0 Å². The fraction of sp³-hybridized carbons (Fsp3) is 0.105. The highest BCUT2D eigenvalue weighted by Crippen LogP contribution is 2.33. The first-order valence-electron chi connectivity index (χ1n) is 8.07. The van der Waals surface area contributed by atoms with Crippen LogP contribution in [-0.2, 0) is 11.9 Å². The van der Waals surface area contributed by atoms with Crippen molar-refractivity contribution in [2.45, 2.75) is 17.0 Å². The molecule has 2 aromatic heterocycles. The molecular weight excluding hydrogens is 373 g/mol. The Labute approximate surface area is 157 Å². The molecule has 0 radical (unpaired) electrons. The molecule has 2 aromatic carbocycles. The number of rotatable bonds is 4. The largest absolute Gasteiger partial charge is 0.451 e. The second-order valence-corrected chi connectivity index (χ2v) is 6.72. The van der Waals surface area contributed by atoms with Crippen LogP contribution in [0.1, 0.15) is 11.4 Å². The predicted molar refractivity (Wildman–Crippen MR) is 97.7 cm³/mol. The maximum atomic E-state index is 13.3. The second kappa shape index (κ2) is 7.03. The topological polar surface area (TPSA) is 43.6 Å². The van der Waals surface area contributed by atoms with Gasteiger partial charge in [-0.25, -0.2) is 14.6 Å². The van der Waals surface area contributed by atoms with E-state index in [1.165, 1.54) is 22.6 Å². The van der Waals surface area contributed by atoms with E-state index in [1.807, 2.05) is 36.4 Å². The molecule has 2 heterocycles. The van der Waals surface area contributed by atoms with E-state index < -0.39 is 12.0 Å². The van der Waals surface area contributed by atoms with Gasteiger partial charge in [0.05, 0.1) is 17.3 Å². The van der Waals surface area contributed by atoms with E-state index in [0.29, 0.717) is 16.8 Å². The summed E-state index contributed by atoms with van der Waals surface area (Å²) in [7, 11) is 0. The molecule has 0 saturated carbocycles. The normalized spacial score (nSPS) is 11.8. The Balaban J connectivity index is 1.81. The van der Waals surface area contributed by atoms with Gasteiger partial charge in [0, 0.05) is 5.75 Å². The van der Waals surface area contributed by atoms with Crippen molar-refractivity contribution < 1.29 is 13.2 Å². The third-order valence-electron chi connectivity index (χ3n) is 3.87. The number of nitrogens with zero attached hydrogens (tertiary/aromatic N) is 4. The van der Waals surface area contributed by atoms with E-state index in [-0.39, 0.29) is 10.7 Å².